The van der Waals surface area contributed by atoms with E-state index in [1.54, 1.807) is 7.05 Å². The topological polar surface area (TPSA) is 59.6 Å². The third-order valence-corrected chi connectivity index (χ3v) is 2.12. The summed E-state index contributed by atoms with van der Waals surface area (Å²) in [5, 5.41) is 20.5. The second kappa shape index (κ2) is 4.41. The summed E-state index contributed by atoms with van der Waals surface area (Å²) in [5.41, 5.74) is -0.133. The summed E-state index contributed by atoms with van der Waals surface area (Å²) in [6, 6.07) is 13.5. The molecule has 0 aliphatic rings. The quantitative estimate of drug-likeness (QED) is 0.770. The van der Waals surface area contributed by atoms with Crippen molar-refractivity contribution in [3.8, 4) is 12.1 Å². The second-order valence-electron chi connectivity index (χ2n) is 3.04. The molecule has 0 saturated carbocycles. The van der Waals surface area contributed by atoms with Crippen molar-refractivity contribution in [3.05, 3.63) is 35.9 Å². The van der Waals surface area contributed by atoms with Crippen molar-refractivity contribution in [1.82, 2.24) is 5.32 Å². The van der Waals surface area contributed by atoms with E-state index in [0.29, 0.717) is 6.42 Å². The van der Waals surface area contributed by atoms with Crippen molar-refractivity contribution in [2.45, 2.75) is 12.0 Å². The highest BCUT2D eigenvalue weighted by Gasteiger charge is 2.27. The van der Waals surface area contributed by atoms with Gasteiger partial charge in [0.15, 0.2) is 5.54 Å². The SMILES string of the molecule is CNC(C#N)(C#N)Cc1ccccc1. The van der Waals surface area contributed by atoms with Gasteiger partial charge < -0.3 is 0 Å². The lowest BCUT2D eigenvalue weighted by molar-refractivity contribution is 0.557. The third-order valence-electron chi connectivity index (χ3n) is 2.12. The number of nitrogens with zero attached hydrogens (tertiary/aromatic N) is 2. The number of hydrogen-bond donors (Lipinski definition) is 1. The molecule has 70 valence electrons. The van der Waals surface area contributed by atoms with E-state index in [4.69, 9.17) is 10.5 Å². The van der Waals surface area contributed by atoms with Gasteiger partial charge in [-0.3, -0.25) is 5.32 Å². The maximum absolute atomic E-state index is 8.90. The Hall–Kier alpha value is -1.84. The van der Waals surface area contributed by atoms with Crippen LogP contribution >= 0.6 is 0 Å². The van der Waals surface area contributed by atoms with Crippen LogP contribution in [-0.2, 0) is 6.42 Å². The van der Waals surface area contributed by atoms with E-state index in [2.05, 4.69) is 5.32 Å². The Kier molecular flexibility index (Phi) is 3.23. The monoisotopic (exact) mass is 185 g/mol. The molecule has 0 aliphatic carbocycles. The first kappa shape index (κ1) is 10.2. The molecule has 0 unspecified atom stereocenters. The smallest absolute Gasteiger partial charge is 0.197 e. The Balaban J connectivity index is 2.88. The van der Waals surface area contributed by atoms with Crippen molar-refractivity contribution in [1.29, 1.82) is 10.5 Å². The molecule has 0 atom stereocenters. The Morgan fingerprint density at radius 1 is 1.21 bits per heavy atom. The van der Waals surface area contributed by atoms with Crippen molar-refractivity contribution < 1.29 is 0 Å². The molecule has 3 nitrogen and oxygen atoms in total. The lowest BCUT2D eigenvalue weighted by Gasteiger charge is -2.17. The van der Waals surface area contributed by atoms with Crippen LogP contribution in [0.1, 0.15) is 5.56 Å². The van der Waals surface area contributed by atoms with Gasteiger partial charge in [-0.1, -0.05) is 30.3 Å². The zero-order valence-electron chi connectivity index (χ0n) is 7.99. The van der Waals surface area contributed by atoms with E-state index < -0.39 is 5.54 Å². The minimum absolute atomic E-state index is 0.400. The molecule has 1 N–H and O–H groups in total. The zero-order valence-corrected chi connectivity index (χ0v) is 7.99. The fraction of sp³-hybridized carbons (Fsp3) is 0.273. The standard InChI is InChI=1S/C11H11N3/c1-14-11(8-12,9-13)7-10-5-3-2-4-6-10/h2-6,14H,7H2,1H3. The summed E-state index contributed by atoms with van der Waals surface area (Å²) in [5.74, 6) is 0. The Labute approximate surface area is 83.6 Å². The molecular weight excluding hydrogens is 174 g/mol. The molecule has 1 aromatic rings. The predicted octanol–water partition coefficient (Wildman–Crippen LogP) is 1.23. The maximum Gasteiger partial charge on any atom is 0.197 e. The molecular formula is C11H11N3. The molecule has 3 heteroatoms. The number of hydrogen-bond acceptors (Lipinski definition) is 3. The summed E-state index contributed by atoms with van der Waals surface area (Å²) in [6.45, 7) is 0. The van der Waals surface area contributed by atoms with E-state index in [0.717, 1.165) is 5.56 Å². The minimum Gasteiger partial charge on any atom is -0.290 e. The largest absolute Gasteiger partial charge is 0.290 e. The van der Waals surface area contributed by atoms with Crippen LogP contribution in [0.25, 0.3) is 0 Å². The highest BCUT2D eigenvalue weighted by molar-refractivity contribution is 5.29. The number of likely N-dealkylation sites (N-methyl/N-ethyl adjacent to an activating group) is 1. The first-order valence-electron chi connectivity index (χ1n) is 4.32. The fourth-order valence-electron chi connectivity index (χ4n) is 1.21. The van der Waals surface area contributed by atoms with Crippen molar-refractivity contribution in [2.24, 2.45) is 0 Å². The first-order chi connectivity index (χ1) is 6.76. The average molecular weight is 185 g/mol. The van der Waals surface area contributed by atoms with E-state index in [1.165, 1.54) is 0 Å². The van der Waals surface area contributed by atoms with Crippen LogP contribution in [-0.4, -0.2) is 12.6 Å². The molecule has 0 fully saturated rings. The number of rotatable bonds is 3. The van der Waals surface area contributed by atoms with Gasteiger partial charge in [0.05, 0.1) is 0 Å². The predicted molar refractivity (Wildman–Crippen MR) is 53.2 cm³/mol. The Morgan fingerprint density at radius 2 is 1.79 bits per heavy atom. The minimum atomic E-state index is -1.11. The summed E-state index contributed by atoms with van der Waals surface area (Å²) in [7, 11) is 1.62. The van der Waals surface area contributed by atoms with Gasteiger partial charge in [-0.2, -0.15) is 10.5 Å². The molecule has 1 rings (SSSR count). The van der Waals surface area contributed by atoms with Crippen LogP contribution in [0.15, 0.2) is 30.3 Å². The summed E-state index contributed by atoms with van der Waals surface area (Å²) in [6.07, 6.45) is 0.400. The highest BCUT2D eigenvalue weighted by atomic mass is 14.9. The number of benzene rings is 1. The summed E-state index contributed by atoms with van der Waals surface area (Å²) >= 11 is 0. The van der Waals surface area contributed by atoms with Gasteiger partial charge in [0.25, 0.3) is 0 Å². The number of nitrogens with one attached hydrogen (secondary N) is 1. The van der Waals surface area contributed by atoms with Crippen LogP contribution in [0.2, 0.25) is 0 Å². The fourth-order valence-corrected chi connectivity index (χ4v) is 1.21. The van der Waals surface area contributed by atoms with Gasteiger partial charge in [0, 0.05) is 6.42 Å². The van der Waals surface area contributed by atoms with Crippen molar-refractivity contribution in [3.63, 3.8) is 0 Å². The molecule has 0 heterocycles. The maximum atomic E-state index is 8.90. The lowest BCUT2D eigenvalue weighted by Crippen LogP contribution is -2.42. The van der Waals surface area contributed by atoms with Gasteiger partial charge in [-0.05, 0) is 12.6 Å². The summed E-state index contributed by atoms with van der Waals surface area (Å²) in [4.78, 5) is 0. The molecule has 0 radical (unpaired) electrons. The molecule has 1 aromatic carbocycles. The van der Waals surface area contributed by atoms with Crippen LogP contribution in [0.5, 0.6) is 0 Å². The van der Waals surface area contributed by atoms with Gasteiger partial charge in [0.1, 0.15) is 12.1 Å². The highest BCUT2D eigenvalue weighted by Crippen LogP contribution is 2.11. The van der Waals surface area contributed by atoms with Gasteiger partial charge in [-0.15, -0.1) is 0 Å². The molecule has 0 saturated heterocycles. The molecule has 0 amide bonds. The van der Waals surface area contributed by atoms with Crippen LogP contribution in [0.4, 0.5) is 0 Å². The van der Waals surface area contributed by atoms with Crippen LogP contribution < -0.4 is 5.32 Å². The second-order valence-corrected chi connectivity index (χ2v) is 3.04. The molecule has 0 spiro atoms. The molecule has 0 aliphatic heterocycles. The Morgan fingerprint density at radius 3 is 2.21 bits per heavy atom. The first-order valence-corrected chi connectivity index (χ1v) is 4.32. The average Bonchev–Trinajstić information content (AvgIpc) is 2.28. The summed E-state index contributed by atoms with van der Waals surface area (Å²) < 4.78 is 0. The van der Waals surface area contributed by atoms with E-state index in [9.17, 15) is 0 Å². The molecule has 14 heavy (non-hydrogen) atoms. The lowest BCUT2D eigenvalue weighted by atomic mass is 9.94. The number of nitriles is 2. The van der Waals surface area contributed by atoms with E-state index in [-0.39, 0.29) is 0 Å². The zero-order chi connectivity index (χ0) is 10.4. The van der Waals surface area contributed by atoms with Gasteiger partial charge in [0.2, 0.25) is 0 Å². The third kappa shape index (κ3) is 2.10. The Bertz CT molecular complexity index is 356. The molecule has 0 aromatic heterocycles. The van der Waals surface area contributed by atoms with Crippen molar-refractivity contribution in [2.75, 3.05) is 7.05 Å². The van der Waals surface area contributed by atoms with Gasteiger partial charge >= 0.3 is 0 Å². The molecule has 0 bridgehead atoms. The normalized spacial score (nSPS) is 10.2. The van der Waals surface area contributed by atoms with Crippen LogP contribution in [0, 0.1) is 22.7 Å². The van der Waals surface area contributed by atoms with Crippen LogP contribution in [0.3, 0.4) is 0 Å². The van der Waals surface area contributed by atoms with E-state index in [1.807, 2.05) is 42.5 Å². The van der Waals surface area contributed by atoms with Gasteiger partial charge in [-0.25, -0.2) is 0 Å². The van der Waals surface area contributed by atoms with E-state index >= 15 is 0 Å². The van der Waals surface area contributed by atoms with Crippen molar-refractivity contribution >= 4 is 0 Å².